The average molecular weight is 262 g/mol. The maximum Gasteiger partial charge on any atom is 0.372 e. The summed E-state index contributed by atoms with van der Waals surface area (Å²) in [5.41, 5.74) is 0.670. The maximum atomic E-state index is 10.9. The van der Waals surface area contributed by atoms with Crippen molar-refractivity contribution in [3.8, 4) is 11.5 Å². The summed E-state index contributed by atoms with van der Waals surface area (Å²) in [5, 5.41) is 8.90. The molecule has 6 heteroatoms. The quantitative estimate of drug-likeness (QED) is 0.887. The van der Waals surface area contributed by atoms with E-state index in [2.05, 4.69) is 4.98 Å². The van der Waals surface area contributed by atoms with Gasteiger partial charge in [0.2, 0.25) is 5.82 Å². The van der Waals surface area contributed by atoms with Gasteiger partial charge in [-0.3, -0.25) is 0 Å². The number of carboxylic acid groups (broad SMARTS) is 1. The monoisotopic (exact) mass is 262 g/mol. The molecule has 100 valence electrons. The van der Waals surface area contributed by atoms with Gasteiger partial charge >= 0.3 is 5.97 Å². The Balaban J connectivity index is 2.13. The Kier molecular flexibility index (Phi) is 3.70. The molecule has 19 heavy (non-hydrogen) atoms. The first-order valence-corrected chi connectivity index (χ1v) is 5.63. The molecule has 0 saturated carbocycles. The molecule has 1 aromatic carbocycles. The number of nitrogens with zero attached hydrogens (tertiary/aromatic N) is 2. The Bertz CT molecular complexity index is 592. The zero-order valence-corrected chi connectivity index (χ0v) is 10.7. The second-order valence-electron chi connectivity index (χ2n) is 3.88. The van der Waals surface area contributed by atoms with Crippen LogP contribution in [0.25, 0.3) is 0 Å². The van der Waals surface area contributed by atoms with Crippen molar-refractivity contribution < 1.29 is 19.4 Å². The molecule has 0 saturated heterocycles. The molecule has 0 bridgehead atoms. The number of ether oxygens (including phenoxy) is 2. The Morgan fingerprint density at radius 1 is 1.37 bits per heavy atom. The summed E-state index contributed by atoms with van der Waals surface area (Å²) in [7, 11) is 3.20. The third kappa shape index (κ3) is 2.67. The van der Waals surface area contributed by atoms with Crippen LogP contribution < -0.4 is 9.47 Å². The molecule has 0 spiro atoms. The third-order valence-corrected chi connectivity index (χ3v) is 2.72. The van der Waals surface area contributed by atoms with Crippen LogP contribution in [-0.4, -0.2) is 27.7 Å². The fourth-order valence-electron chi connectivity index (χ4n) is 1.67. The number of imidazole rings is 1. The Labute approximate surface area is 110 Å². The van der Waals surface area contributed by atoms with E-state index in [1.54, 1.807) is 26.3 Å². The average Bonchev–Trinajstić information content (AvgIpc) is 2.78. The van der Waals surface area contributed by atoms with E-state index in [9.17, 15) is 4.79 Å². The fraction of sp³-hybridized carbons (Fsp3) is 0.231. The topological polar surface area (TPSA) is 73.6 Å². The molecular weight excluding hydrogens is 248 g/mol. The predicted molar refractivity (Wildman–Crippen MR) is 67.5 cm³/mol. The summed E-state index contributed by atoms with van der Waals surface area (Å²) in [4.78, 5) is 14.7. The SMILES string of the molecule is COc1ccccc1OCc1cnc(C(=O)O)n1C. The van der Waals surface area contributed by atoms with Gasteiger partial charge in [0.15, 0.2) is 11.5 Å². The number of benzene rings is 1. The molecule has 2 rings (SSSR count). The molecule has 1 aromatic heterocycles. The molecule has 1 heterocycles. The smallest absolute Gasteiger partial charge is 0.372 e. The van der Waals surface area contributed by atoms with Crippen molar-refractivity contribution in [2.45, 2.75) is 6.61 Å². The summed E-state index contributed by atoms with van der Waals surface area (Å²) >= 11 is 0. The van der Waals surface area contributed by atoms with Crippen LogP contribution in [0.2, 0.25) is 0 Å². The van der Waals surface area contributed by atoms with Crippen molar-refractivity contribution in [3.05, 3.63) is 42.0 Å². The molecule has 0 aliphatic rings. The van der Waals surface area contributed by atoms with Crippen LogP contribution in [0, 0.1) is 0 Å². The molecule has 0 amide bonds. The van der Waals surface area contributed by atoms with Crippen molar-refractivity contribution in [2.75, 3.05) is 7.11 Å². The molecule has 6 nitrogen and oxygen atoms in total. The van der Waals surface area contributed by atoms with E-state index < -0.39 is 5.97 Å². The summed E-state index contributed by atoms with van der Waals surface area (Å²) < 4.78 is 12.3. The molecule has 1 N–H and O–H groups in total. The molecule has 0 aliphatic carbocycles. The van der Waals surface area contributed by atoms with Crippen LogP contribution in [0.1, 0.15) is 16.3 Å². The summed E-state index contributed by atoms with van der Waals surface area (Å²) in [6, 6.07) is 7.26. The number of rotatable bonds is 5. The first kappa shape index (κ1) is 12.9. The van der Waals surface area contributed by atoms with Crippen molar-refractivity contribution in [3.63, 3.8) is 0 Å². The number of carbonyl (C=O) groups is 1. The van der Waals surface area contributed by atoms with Crippen LogP contribution in [0.5, 0.6) is 11.5 Å². The standard InChI is InChI=1S/C13H14N2O4/c1-15-9(7-14-12(15)13(16)17)8-19-11-6-4-3-5-10(11)18-2/h3-7H,8H2,1-2H3,(H,16,17). The number of aromatic nitrogens is 2. The van der Waals surface area contributed by atoms with Gasteiger partial charge in [0.25, 0.3) is 0 Å². The van der Waals surface area contributed by atoms with E-state index >= 15 is 0 Å². The van der Waals surface area contributed by atoms with Gasteiger partial charge in [-0.2, -0.15) is 0 Å². The van der Waals surface area contributed by atoms with Gasteiger partial charge < -0.3 is 19.1 Å². The minimum atomic E-state index is -1.06. The summed E-state index contributed by atoms with van der Waals surface area (Å²) in [5.74, 6) is 0.149. The predicted octanol–water partition coefficient (Wildman–Crippen LogP) is 1.71. The van der Waals surface area contributed by atoms with Gasteiger partial charge in [-0.15, -0.1) is 0 Å². The number of hydrogen-bond donors (Lipinski definition) is 1. The van der Waals surface area contributed by atoms with Crippen LogP contribution in [0.4, 0.5) is 0 Å². The Morgan fingerprint density at radius 3 is 2.63 bits per heavy atom. The van der Waals surface area contributed by atoms with Crippen molar-refractivity contribution in [2.24, 2.45) is 7.05 Å². The molecule has 0 fully saturated rings. The van der Waals surface area contributed by atoms with E-state index in [4.69, 9.17) is 14.6 Å². The number of hydrogen-bond acceptors (Lipinski definition) is 4. The number of para-hydroxylation sites is 2. The van der Waals surface area contributed by atoms with Crippen LogP contribution >= 0.6 is 0 Å². The lowest BCUT2D eigenvalue weighted by Crippen LogP contribution is -2.09. The van der Waals surface area contributed by atoms with Crippen molar-refractivity contribution in [1.29, 1.82) is 0 Å². The largest absolute Gasteiger partial charge is 0.493 e. The van der Waals surface area contributed by atoms with Gasteiger partial charge in [0.1, 0.15) is 6.61 Å². The molecule has 0 radical (unpaired) electrons. The van der Waals surface area contributed by atoms with Gasteiger partial charge in [0, 0.05) is 7.05 Å². The lowest BCUT2D eigenvalue weighted by Gasteiger charge is -2.10. The third-order valence-electron chi connectivity index (χ3n) is 2.72. The van der Waals surface area contributed by atoms with E-state index in [0.717, 1.165) is 0 Å². The number of methoxy groups -OCH3 is 1. The maximum absolute atomic E-state index is 10.9. The summed E-state index contributed by atoms with van der Waals surface area (Å²) in [6.45, 7) is 0.219. The second-order valence-corrected chi connectivity index (χ2v) is 3.88. The minimum Gasteiger partial charge on any atom is -0.493 e. The molecule has 0 aliphatic heterocycles. The zero-order valence-electron chi connectivity index (χ0n) is 10.7. The van der Waals surface area contributed by atoms with Gasteiger partial charge in [0.05, 0.1) is 19.0 Å². The highest BCUT2D eigenvalue weighted by atomic mass is 16.5. The summed E-state index contributed by atoms with van der Waals surface area (Å²) in [6.07, 6.45) is 1.48. The zero-order chi connectivity index (χ0) is 13.8. The highest BCUT2D eigenvalue weighted by Crippen LogP contribution is 2.26. The van der Waals surface area contributed by atoms with E-state index in [1.807, 2.05) is 12.1 Å². The van der Waals surface area contributed by atoms with E-state index in [-0.39, 0.29) is 12.4 Å². The number of carboxylic acids is 1. The van der Waals surface area contributed by atoms with Crippen LogP contribution in [0.15, 0.2) is 30.5 Å². The van der Waals surface area contributed by atoms with Gasteiger partial charge in [-0.05, 0) is 12.1 Å². The normalized spacial score (nSPS) is 10.2. The lowest BCUT2D eigenvalue weighted by molar-refractivity contribution is 0.0679. The van der Waals surface area contributed by atoms with Gasteiger partial charge in [-0.1, -0.05) is 12.1 Å². The van der Waals surface area contributed by atoms with Crippen molar-refractivity contribution in [1.82, 2.24) is 9.55 Å². The number of aromatic carboxylic acids is 1. The molecule has 0 atom stereocenters. The van der Waals surface area contributed by atoms with E-state index in [1.165, 1.54) is 10.8 Å². The Morgan fingerprint density at radius 2 is 2.05 bits per heavy atom. The molecule has 0 unspecified atom stereocenters. The van der Waals surface area contributed by atoms with E-state index in [0.29, 0.717) is 17.2 Å². The fourth-order valence-corrected chi connectivity index (χ4v) is 1.67. The highest BCUT2D eigenvalue weighted by molar-refractivity contribution is 5.83. The second kappa shape index (κ2) is 5.43. The van der Waals surface area contributed by atoms with Crippen molar-refractivity contribution >= 4 is 5.97 Å². The molecule has 2 aromatic rings. The van der Waals surface area contributed by atoms with Gasteiger partial charge in [-0.25, -0.2) is 9.78 Å². The lowest BCUT2D eigenvalue weighted by atomic mass is 10.3. The first-order chi connectivity index (χ1) is 9.13. The van der Waals surface area contributed by atoms with Crippen LogP contribution in [-0.2, 0) is 13.7 Å². The molecular formula is C13H14N2O4. The van der Waals surface area contributed by atoms with Crippen LogP contribution in [0.3, 0.4) is 0 Å². The minimum absolute atomic E-state index is 0.0152. The Hall–Kier alpha value is -2.50. The first-order valence-electron chi connectivity index (χ1n) is 5.63. The highest BCUT2D eigenvalue weighted by Gasteiger charge is 2.13.